The molecule has 0 unspecified atom stereocenters. The lowest BCUT2D eigenvalue weighted by molar-refractivity contribution is -0.198. The number of phenolic OH excluding ortho intramolecular Hbond substituents is 1. The minimum atomic E-state index is -0.182. The number of hydrogen-bond donors (Lipinski definition) is 1. The van der Waals surface area contributed by atoms with E-state index in [-0.39, 0.29) is 11.2 Å². The highest BCUT2D eigenvalue weighted by molar-refractivity contribution is 5.83. The number of aromatic hydroxyl groups is 1. The highest BCUT2D eigenvalue weighted by Gasteiger charge is 2.66. The molecule has 0 radical (unpaired) electrons. The summed E-state index contributed by atoms with van der Waals surface area (Å²) in [6, 6.07) is 7.25. The van der Waals surface area contributed by atoms with Crippen LogP contribution in [0.1, 0.15) is 64.9 Å². The van der Waals surface area contributed by atoms with Crippen molar-refractivity contribution in [1.82, 2.24) is 4.90 Å². The Kier molecular flexibility index (Phi) is 3.40. The third-order valence-corrected chi connectivity index (χ3v) is 6.99. The molecule has 1 amide bonds. The Bertz CT molecular complexity index is 671. The monoisotopic (exact) mass is 341 g/mol. The molecule has 3 heteroatoms. The van der Waals surface area contributed by atoms with Crippen LogP contribution in [-0.2, 0) is 11.3 Å². The predicted octanol–water partition coefficient (Wildman–Crippen LogP) is 4.74. The van der Waals surface area contributed by atoms with Gasteiger partial charge in [0.05, 0.1) is 5.41 Å². The first kappa shape index (κ1) is 16.9. The molecule has 0 heterocycles. The van der Waals surface area contributed by atoms with E-state index in [1.807, 2.05) is 24.1 Å². The van der Waals surface area contributed by atoms with Crippen LogP contribution < -0.4 is 0 Å². The van der Waals surface area contributed by atoms with Gasteiger partial charge in [-0.1, -0.05) is 32.9 Å². The zero-order valence-corrected chi connectivity index (χ0v) is 16.1. The Morgan fingerprint density at radius 2 is 1.52 bits per heavy atom. The number of rotatable bonds is 3. The van der Waals surface area contributed by atoms with Crippen molar-refractivity contribution in [3.63, 3.8) is 0 Å². The molecule has 4 aliphatic rings. The molecule has 4 fully saturated rings. The number of benzene rings is 1. The topological polar surface area (TPSA) is 40.5 Å². The fraction of sp³-hybridized carbons (Fsp3) is 0.682. The van der Waals surface area contributed by atoms with Gasteiger partial charge in [0.15, 0.2) is 0 Å². The first-order valence-electron chi connectivity index (χ1n) is 9.58. The quantitative estimate of drug-likeness (QED) is 0.863. The molecule has 0 saturated heterocycles. The van der Waals surface area contributed by atoms with Crippen molar-refractivity contribution in [3.8, 4) is 5.75 Å². The first-order chi connectivity index (χ1) is 11.5. The molecule has 0 aliphatic heterocycles. The summed E-state index contributed by atoms with van der Waals surface area (Å²) in [4.78, 5) is 15.5. The van der Waals surface area contributed by atoms with E-state index in [9.17, 15) is 9.90 Å². The largest absolute Gasteiger partial charge is 0.508 e. The summed E-state index contributed by atoms with van der Waals surface area (Å²) in [7, 11) is 1.93. The number of nitrogens with zero attached hydrogens (tertiary/aromatic N) is 1. The minimum absolute atomic E-state index is 0.182. The summed E-state index contributed by atoms with van der Waals surface area (Å²) in [5, 5.41) is 9.69. The van der Waals surface area contributed by atoms with Gasteiger partial charge in [-0.15, -0.1) is 0 Å². The first-order valence-corrected chi connectivity index (χ1v) is 9.58. The molecule has 3 nitrogen and oxygen atoms in total. The van der Waals surface area contributed by atoms with Gasteiger partial charge in [-0.05, 0) is 72.5 Å². The van der Waals surface area contributed by atoms with Gasteiger partial charge in [0.2, 0.25) is 5.91 Å². The summed E-state index contributed by atoms with van der Waals surface area (Å²) < 4.78 is 0. The van der Waals surface area contributed by atoms with E-state index in [2.05, 4.69) is 20.8 Å². The molecule has 0 atom stereocenters. The van der Waals surface area contributed by atoms with Crippen LogP contribution in [-0.4, -0.2) is 23.0 Å². The lowest BCUT2D eigenvalue weighted by atomic mass is 9.36. The third kappa shape index (κ3) is 2.76. The fourth-order valence-electron chi connectivity index (χ4n) is 7.92. The highest BCUT2D eigenvalue weighted by Crippen LogP contribution is 2.73. The van der Waals surface area contributed by atoms with E-state index in [0.717, 1.165) is 24.8 Å². The Balaban J connectivity index is 1.61. The molecule has 0 spiro atoms. The van der Waals surface area contributed by atoms with Gasteiger partial charge in [-0.25, -0.2) is 0 Å². The SMILES string of the molecule is CN(Cc1cccc(O)c1)C(=O)C12CC3(C)CC(C)(CC(C)(C3)C1)C2. The smallest absolute Gasteiger partial charge is 0.228 e. The van der Waals surface area contributed by atoms with Crippen molar-refractivity contribution in [1.29, 1.82) is 0 Å². The second-order valence-electron chi connectivity index (χ2n) is 10.6. The number of hydrogen-bond acceptors (Lipinski definition) is 2. The van der Waals surface area contributed by atoms with Gasteiger partial charge in [0.1, 0.15) is 5.75 Å². The van der Waals surface area contributed by atoms with Crippen molar-refractivity contribution >= 4 is 5.91 Å². The molecule has 136 valence electrons. The van der Waals surface area contributed by atoms with E-state index in [1.54, 1.807) is 12.1 Å². The lowest BCUT2D eigenvalue weighted by Gasteiger charge is -2.68. The average Bonchev–Trinajstić information content (AvgIpc) is 2.41. The maximum Gasteiger partial charge on any atom is 0.228 e. The predicted molar refractivity (Wildman–Crippen MR) is 99.0 cm³/mol. The van der Waals surface area contributed by atoms with Crippen LogP contribution in [0.3, 0.4) is 0 Å². The minimum Gasteiger partial charge on any atom is -0.508 e. The molecule has 1 N–H and O–H groups in total. The van der Waals surface area contributed by atoms with E-state index in [1.165, 1.54) is 19.3 Å². The summed E-state index contributed by atoms with van der Waals surface area (Å²) >= 11 is 0. The van der Waals surface area contributed by atoms with Gasteiger partial charge in [-0.2, -0.15) is 0 Å². The number of carbonyl (C=O) groups is 1. The van der Waals surface area contributed by atoms with E-state index in [0.29, 0.717) is 28.7 Å². The molecule has 5 rings (SSSR count). The van der Waals surface area contributed by atoms with E-state index < -0.39 is 0 Å². The Morgan fingerprint density at radius 1 is 1.00 bits per heavy atom. The van der Waals surface area contributed by atoms with Crippen LogP contribution in [0.5, 0.6) is 5.75 Å². The van der Waals surface area contributed by atoms with Gasteiger partial charge in [0, 0.05) is 13.6 Å². The maximum atomic E-state index is 13.6. The third-order valence-electron chi connectivity index (χ3n) is 6.99. The number of carbonyl (C=O) groups excluding carboxylic acids is 1. The molecule has 25 heavy (non-hydrogen) atoms. The van der Waals surface area contributed by atoms with Crippen LogP contribution in [0.25, 0.3) is 0 Å². The molecule has 4 saturated carbocycles. The van der Waals surface area contributed by atoms with Gasteiger partial charge in [-0.3, -0.25) is 4.79 Å². The van der Waals surface area contributed by atoms with E-state index in [4.69, 9.17) is 0 Å². The lowest BCUT2D eigenvalue weighted by Crippen LogP contribution is -2.62. The van der Waals surface area contributed by atoms with Crippen LogP contribution >= 0.6 is 0 Å². The fourth-order valence-corrected chi connectivity index (χ4v) is 7.92. The van der Waals surface area contributed by atoms with Crippen molar-refractivity contribution in [2.45, 2.75) is 65.8 Å². The van der Waals surface area contributed by atoms with Gasteiger partial charge < -0.3 is 10.0 Å². The van der Waals surface area contributed by atoms with Crippen molar-refractivity contribution in [2.24, 2.45) is 21.7 Å². The van der Waals surface area contributed by atoms with Crippen molar-refractivity contribution < 1.29 is 9.90 Å². The molecular weight excluding hydrogens is 310 g/mol. The van der Waals surface area contributed by atoms with Gasteiger partial charge >= 0.3 is 0 Å². The molecule has 4 aliphatic carbocycles. The Hall–Kier alpha value is -1.51. The second kappa shape index (κ2) is 5.02. The van der Waals surface area contributed by atoms with Crippen molar-refractivity contribution in [2.75, 3.05) is 7.05 Å². The van der Waals surface area contributed by atoms with Crippen LogP contribution in [0.4, 0.5) is 0 Å². The molecule has 1 aromatic carbocycles. The normalized spacial score (nSPS) is 41.8. The van der Waals surface area contributed by atoms with Crippen LogP contribution in [0.15, 0.2) is 24.3 Å². The number of phenols is 1. The van der Waals surface area contributed by atoms with Crippen molar-refractivity contribution in [3.05, 3.63) is 29.8 Å². The zero-order valence-electron chi connectivity index (χ0n) is 16.1. The zero-order chi connectivity index (χ0) is 18.1. The maximum absolute atomic E-state index is 13.6. The molecular formula is C22H31NO2. The molecule has 1 aromatic rings. The standard InChI is InChI=1S/C22H31NO2/c1-19-10-20(2)12-21(3,11-19)15-22(13-19,14-20)18(25)23(4)9-16-6-5-7-17(24)8-16/h5-8,24H,9-15H2,1-4H3. The Morgan fingerprint density at radius 3 is 2.00 bits per heavy atom. The van der Waals surface area contributed by atoms with E-state index >= 15 is 0 Å². The average molecular weight is 341 g/mol. The second-order valence-corrected chi connectivity index (χ2v) is 10.6. The summed E-state index contributed by atoms with van der Waals surface area (Å²) in [6.45, 7) is 7.81. The van der Waals surface area contributed by atoms with Crippen LogP contribution in [0.2, 0.25) is 0 Å². The molecule has 4 bridgehead atoms. The highest BCUT2D eigenvalue weighted by atomic mass is 16.3. The van der Waals surface area contributed by atoms with Crippen LogP contribution in [0, 0.1) is 21.7 Å². The summed E-state index contributed by atoms with van der Waals surface area (Å²) in [6.07, 6.45) is 6.99. The molecule has 0 aromatic heterocycles. The summed E-state index contributed by atoms with van der Waals surface area (Å²) in [5.74, 6) is 0.583. The van der Waals surface area contributed by atoms with Gasteiger partial charge in [0.25, 0.3) is 0 Å². The summed E-state index contributed by atoms with van der Waals surface area (Å²) in [5.41, 5.74) is 1.77. The Labute approximate surface area is 151 Å². The number of amides is 1.